The topological polar surface area (TPSA) is 84.7 Å². The minimum Gasteiger partial charge on any atom is -0.357 e. The number of carbonyl (C=O) groups is 1. The quantitative estimate of drug-likeness (QED) is 0.442. The number of nitrogens with one attached hydrogen (secondary N) is 2. The lowest BCUT2D eigenvalue weighted by molar-refractivity contribution is -0.113. The van der Waals surface area contributed by atoms with Crippen molar-refractivity contribution < 1.29 is 9.18 Å². The molecule has 0 spiro atoms. The van der Waals surface area contributed by atoms with Crippen LogP contribution >= 0.6 is 23.1 Å². The SMILES string of the molecule is C=CCNc1nnc(SCC(=O)Nc2cc(C)nn2-c2ccc(F)cc2)s1. The van der Waals surface area contributed by atoms with Crippen molar-refractivity contribution in [3.8, 4) is 5.69 Å². The van der Waals surface area contributed by atoms with Crippen LogP contribution in [0, 0.1) is 12.7 Å². The minimum absolute atomic E-state index is 0.184. The van der Waals surface area contributed by atoms with E-state index in [9.17, 15) is 9.18 Å². The summed E-state index contributed by atoms with van der Waals surface area (Å²) in [7, 11) is 0. The van der Waals surface area contributed by atoms with Crippen LogP contribution in [-0.4, -0.2) is 38.2 Å². The van der Waals surface area contributed by atoms with Crippen LogP contribution in [0.3, 0.4) is 0 Å². The maximum Gasteiger partial charge on any atom is 0.235 e. The number of aryl methyl sites for hydroxylation is 1. The highest BCUT2D eigenvalue weighted by Crippen LogP contribution is 2.25. The van der Waals surface area contributed by atoms with Crippen molar-refractivity contribution in [2.24, 2.45) is 0 Å². The van der Waals surface area contributed by atoms with Gasteiger partial charge >= 0.3 is 0 Å². The van der Waals surface area contributed by atoms with Gasteiger partial charge in [0.15, 0.2) is 4.34 Å². The van der Waals surface area contributed by atoms with Crippen LogP contribution in [0.15, 0.2) is 47.3 Å². The van der Waals surface area contributed by atoms with E-state index >= 15 is 0 Å². The van der Waals surface area contributed by atoms with Crippen LogP contribution in [-0.2, 0) is 4.79 Å². The second-order valence-electron chi connectivity index (χ2n) is 5.44. The Labute approximate surface area is 163 Å². The third kappa shape index (κ3) is 5.14. The van der Waals surface area contributed by atoms with E-state index < -0.39 is 0 Å². The second kappa shape index (κ2) is 8.78. The fourth-order valence-corrected chi connectivity index (χ4v) is 3.73. The first-order chi connectivity index (χ1) is 13.0. The van der Waals surface area contributed by atoms with E-state index in [2.05, 4.69) is 32.5 Å². The number of anilines is 2. The summed E-state index contributed by atoms with van der Waals surface area (Å²) in [5, 5.41) is 18.9. The molecule has 27 heavy (non-hydrogen) atoms. The monoisotopic (exact) mass is 404 g/mol. The van der Waals surface area contributed by atoms with Crippen molar-refractivity contribution in [1.29, 1.82) is 0 Å². The molecule has 10 heteroatoms. The molecule has 1 aromatic carbocycles. The summed E-state index contributed by atoms with van der Waals surface area (Å²) in [6.07, 6.45) is 1.73. The van der Waals surface area contributed by atoms with Crippen molar-refractivity contribution in [1.82, 2.24) is 20.0 Å². The van der Waals surface area contributed by atoms with Gasteiger partial charge in [0, 0.05) is 12.6 Å². The Morgan fingerprint density at radius 2 is 2.15 bits per heavy atom. The number of hydrogen-bond acceptors (Lipinski definition) is 7. The fourth-order valence-electron chi connectivity index (χ4n) is 2.17. The molecule has 140 valence electrons. The van der Waals surface area contributed by atoms with Crippen LogP contribution in [0.4, 0.5) is 15.3 Å². The molecule has 1 amide bonds. The normalized spacial score (nSPS) is 10.6. The van der Waals surface area contributed by atoms with Gasteiger partial charge in [-0.3, -0.25) is 4.79 Å². The fraction of sp³-hybridized carbons (Fsp3) is 0.176. The largest absolute Gasteiger partial charge is 0.357 e. The van der Waals surface area contributed by atoms with E-state index in [0.717, 1.165) is 5.69 Å². The molecule has 7 nitrogen and oxygen atoms in total. The minimum atomic E-state index is -0.330. The third-order valence-corrected chi connectivity index (χ3v) is 5.32. The molecule has 0 atom stereocenters. The molecule has 0 aliphatic rings. The van der Waals surface area contributed by atoms with Gasteiger partial charge in [0.05, 0.1) is 17.1 Å². The predicted octanol–water partition coefficient (Wildman–Crippen LogP) is 3.50. The summed E-state index contributed by atoms with van der Waals surface area (Å²) < 4.78 is 15.4. The van der Waals surface area contributed by atoms with E-state index in [0.29, 0.717) is 27.5 Å². The number of halogens is 1. The van der Waals surface area contributed by atoms with Gasteiger partial charge in [-0.1, -0.05) is 29.2 Å². The van der Waals surface area contributed by atoms with E-state index in [4.69, 9.17) is 0 Å². The molecule has 2 heterocycles. The molecule has 0 bridgehead atoms. The zero-order chi connectivity index (χ0) is 19.2. The van der Waals surface area contributed by atoms with Gasteiger partial charge < -0.3 is 10.6 Å². The van der Waals surface area contributed by atoms with Crippen molar-refractivity contribution >= 4 is 40.0 Å². The molecule has 0 aliphatic heterocycles. The Hall–Kier alpha value is -2.72. The first-order valence-corrected chi connectivity index (χ1v) is 9.79. The van der Waals surface area contributed by atoms with Crippen molar-refractivity contribution in [3.63, 3.8) is 0 Å². The van der Waals surface area contributed by atoms with Gasteiger partial charge in [-0.25, -0.2) is 9.07 Å². The maximum absolute atomic E-state index is 13.1. The summed E-state index contributed by atoms with van der Waals surface area (Å²) in [5.41, 5.74) is 1.40. The number of aromatic nitrogens is 4. The van der Waals surface area contributed by atoms with Gasteiger partial charge in [0.1, 0.15) is 11.6 Å². The van der Waals surface area contributed by atoms with Gasteiger partial charge in [0.2, 0.25) is 11.0 Å². The van der Waals surface area contributed by atoms with Crippen LogP contribution in [0.5, 0.6) is 0 Å². The zero-order valence-electron chi connectivity index (χ0n) is 14.5. The second-order valence-corrected chi connectivity index (χ2v) is 7.64. The van der Waals surface area contributed by atoms with Crippen LogP contribution in [0.25, 0.3) is 5.69 Å². The van der Waals surface area contributed by atoms with E-state index in [-0.39, 0.29) is 17.5 Å². The lowest BCUT2D eigenvalue weighted by Gasteiger charge is -2.08. The summed E-state index contributed by atoms with van der Waals surface area (Å²) >= 11 is 2.68. The predicted molar refractivity (Wildman–Crippen MR) is 106 cm³/mol. The summed E-state index contributed by atoms with van der Waals surface area (Å²) in [4.78, 5) is 12.3. The number of benzene rings is 1. The Morgan fingerprint density at radius 1 is 1.37 bits per heavy atom. The maximum atomic E-state index is 13.1. The molecule has 2 aromatic heterocycles. The van der Waals surface area contributed by atoms with Crippen LogP contribution < -0.4 is 10.6 Å². The smallest absolute Gasteiger partial charge is 0.235 e. The van der Waals surface area contributed by atoms with Gasteiger partial charge in [-0.05, 0) is 31.2 Å². The van der Waals surface area contributed by atoms with Crippen molar-refractivity contribution in [3.05, 3.63) is 54.5 Å². The number of amides is 1. The standard InChI is InChI=1S/C17H17FN6OS2/c1-3-8-19-16-21-22-17(27-16)26-10-15(25)20-14-9-11(2)23-24(14)13-6-4-12(18)5-7-13/h3-7,9H,1,8,10H2,2H3,(H,19,21)(H,20,25). The lowest BCUT2D eigenvalue weighted by atomic mass is 10.3. The number of nitrogens with zero attached hydrogens (tertiary/aromatic N) is 4. The van der Waals surface area contributed by atoms with E-state index in [1.807, 2.05) is 6.92 Å². The molecular formula is C17H17FN6OS2. The first kappa shape index (κ1) is 19.1. The Morgan fingerprint density at radius 3 is 2.89 bits per heavy atom. The Balaban J connectivity index is 1.62. The molecule has 2 N–H and O–H groups in total. The molecule has 0 radical (unpaired) electrons. The molecular weight excluding hydrogens is 387 g/mol. The molecule has 0 saturated carbocycles. The Kier molecular flexibility index (Phi) is 6.20. The number of carbonyl (C=O) groups excluding carboxylic acids is 1. The van der Waals surface area contributed by atoms with Gasteiger partial charge in [0.25, 0.3) is 0 Å². The molecule has 3 aromatic rings. The highest BCUT2D eigenvalue weighted by atomic mass is 32.2. The first-order valence-electron chi connectivity index (χ1n) is 7.98. The molecule has 0 unspecified atom stereocenters. The lowest BCUT2D eigenvalue weighted by Crippen LogP contribution is -2.16. The highest BCUT2D eigenvalue weighted by Gasteiger charge is 2.13. The Bertz CT molecular complexity index is 937. The van der Waals surface area contributed by atoms with Crippen molar-refractivity contribution in [2.75, 3.05) is 22.9 Å². The van der Waals surface area contributed by atoms with Crippen molar-refractivity contribution in [2.45, 2.75) is 11.3 Å². The summed E-state index contributed by atoms with van der Waals surface area (Å²) in [5.74, 6) is 0.182. The van der Waals surface area contributed by atoms with Gasteiger partial charge in [-0.2, -0.15) is 5.10 Å². The number of thioether (sulfide) groups is 1. The molecule has 0 aliphatic carbocycles. The summed E-state index contributed by atoms with van der Waals surface area (Å²) in [6.45, 7) is 6.05. The summed E-state index contributed by atoms with van der Waals surface area (Å²) in [6, 6.07) is 7.66. The third-order valence-electron chi connectivity index (χ3n) is 3.30. The number of rotatable bonds is 8. The average Bonchev–Trinajstić information content (AvgIpc) is 3.25. The number of hydrogen-bond donors (Lipinski definition) is 2. The molecule has 0 saturated heterocycles. The molecule has 3 rings (SSSR count). The van der Waals surface area contributed by atoms with E-state index in [1.54, 1.807) is 29.0 Å². The van der Waals surface area contributed by atoms with E-state index in [1.165, 1.54) is 35.2 Å². The van der Waals surface area contributed by atoms with Crippen LogP contribution in [0.1, 0.15) is 5.69 Å². The van der Waals surface area contributed by atoms with Gasteiger partial charge in [-0.15, -0.1) is 16.8 Å². The zero-order valence-corrected chi connectivity index (χ0v) is 16.1. The highest BCUT2D eigenvalue weighted by molar-refractivity contribution is 8.01. The molecule has 0 fully saturated rings. The van der Waals surface area contributed by atoms with Crippen LogP contribution in [0.2, 0.25) is 0 Å². The average molecular weight is 404 g/mol.